The molecule has 0 saturated heterocycles. The van der Waals surface area contributed by atoms with Crippen molar-refractivity contribution in [3.05, 3.63) is 29.3 Å². The molecular formula is C15H23N3. The van der Waals surface area contributed by atoms with Crippen LogP contribution in [0.25, 0.3) is 0 Å². The van der Waals surface area contributed by atoms with Crippen molar-refractivity contribution in [2.75, 3.05) is 11.9 Å². The highest BCUT2D eigenvalue weighted by molar-refractivity contribution is 5.92. The van der Waals surface area contributed by atoms with Crippen LogP contribution >= 0.6 is 0 Å². The van der Waals surface area contributed by atoms with Crippen molar-refractivity contribution in [2.45, 2.75) is 39.5 Å². The van der Waals surface area contributed by atoms with Gasteiger partial charge in [-0.25, -0.2) is 0 Å². The Morgan fingerprint density at radius 1 is 1.28 bits per heavy atom. The summed E-state index contributed by atoms with van der Waals surface area (Å²) in [5.74, 6) is 1.42. The minimum Gasteiger partial charge on any atom is -0.370 e. The van der Waals surface area contributed by atoms with Gasteiger partial charge in [0.2, 0.25) is 0 Å². The second kappa shape index (κ2) is 5.89. The van der Waals surface area contributed by atoms with Gasteiger partial charge in [0.15, 0.2) is 5.96 Å². The predicted octanol–water partition coefficient (Wildman–Crippen LogP) is 3.22. The molecule has 1 aliphatic rings. The number of guanidine groups is 1. The second-order valence-corrected chi connectivity index (χ2v) is 5.35. The summed E-state index contributed by atoms with van der Waals surface area (Å²) in [5.41, 5.74) is 9.39. The van der Waals surface area contributed by atoms with E-state index in [2.05, 4.69) is 42.4 Å². The first-order chi connectivity index (χ1) is 8.63. The average Bonchev–Trinajstić information content (AvgIpc) is 2.20. The van der Waals surface area contributed by atoms with Gasteiger partial charge in [-0.3, -0.25) is 4.99 Å². The fourth-order valence-corrected chi connectivity index (χ4v) is 2.38. The monoisotopic (exact) mass is 245 g/mol. The summed E-state index contributed by atoms with van der Waals surface area (Å²) < 4.78 is 0. The van der Waals surface area contributed by atoms with E-state index in [0.29, 0.717) is 5.96 Å². The molecule has 18 heavy (non-hydrogen) atoms. The van der Waals surface area contributed by atoms with Gasteiger partial charge in [-0.2, -0.15) is 0 Å². The molecule has 0 aromatic heterocycles. The number of nitrogens with two attached hydrogens (primary N) is 1. The van der Waals surface area contributed by atoms with E-state index in [1.807, 2.05) is 0 Å². The smallest absolute Gasteiger partial charge is 0.193 e. The Kier molecular flexibility index (Phi) is 4.24. The lowest BCUT2D eigenvalue weighted by molar-refractivity contribution is 0.300. The van der Waals surface area contributed by atoms with Crippen molar-refractivity contribution in [1.82, 2.24) is 0 Å². The molecule has 0 amide bonds. The van der Waals surface area contributed by atoms with Crippen LogP contribution in [0.3, 0.4) is 0 Å². The molecule has 0 bridgehead atoms. The van der Waals surface area contributed by atoms with Gasteiger partial charge in [-0.05, 0) is 49.4 Å². The van der Waals surface area contributed by atoms with Crippen molar-refractivity contribution in [1.29, 1.82) is 0 Å². The third kappa shape index (κ3) is 3.76. The Balaban J connectivity index is 1.84. The minimum atomic E-state index is 0.527. The van der Waals surface area contributed by atoms with Crippen LogP contribution in [0.15, 0.2) is 23.2 Å². The van der Waals surface area contributed by atoms with E-state index >= 15 is 0 Å². The molecule has 3 nitrogen and oxygen atoms in total. The fraction of sp³-hybridized carbons (Fsp3) is 0.533. The molecule has 3 N–H and O–H groups in total. The maximum atomic E-state index is 5.89. The van der Waals surface area contributed by atoms with Crippen LogP contribution in [-0.4, -0.2) is 12.5 Å². The summed E-state index contributed by atoms with van der Waals surface area (Å²) in [7, 11) is 0. The van der Waals surface area contributed by atoms with Crippen LogP contribution in [0.5, 0.6) is 0 Å². The lowest BCUT2D eigenvalue weighted by atomic mass is 9.83. The zero-order valence-corrected chi connectivity index (χ0v) is 11.4. The molecule has 1 aliphatic carbocycles. The molecule has 0 atom stereocenters. The zero-order chi connectivity index (χ0) is 13.0. The number of aliphatic imine (C=N–C) groups is 1. The minimum absolute atomic E-state index is 0.527. The fourth-order valence-electron chi connectivity index (χ4n) is 2.38. The number of anilines is 1. The van der Waals surface area contributed by atoms with Crippen LogP contribution < -0.4 is 11.1 Å². The van der Waals surface area contributed by atoms with Gasteiger partial charge in [0, 0.05) is 12.2 Å². The van der Waals surface area contributed by atoms with E-state index in [0.717, 1.165) is 18.2 Å². The van der Waals surface area contributed by atoms with Crippen molar-refractivity contribution in [2.24, 2.45) is 16.6 Å². The number of rotatable bonds is 4. The van der Waals surface area contributed by atoms with Crippen LogP contribution in [0, 0.1) is 19.8 Å². The summed E-state index contributed by atoms with van der Waals surface area (Å²) in [5, 5.41) is 3.16. The van der Waals surface area contributed by atoms with Gasteiger partial charge in [-0.1, -0.05) is 25.3 Å². The van der Waals surface area contributed by atoms with E-state index in [9.17, 15) is 0 Å². The maximum Gasteiger partial charge on any atom is 0.193 e. The van der Waals surface area contributed by atoms with Gasteiger partial charge in [0.1, 0.15) is 0 Å². The SMILES string of the molecule is Cc1cc(C)cc(NC(N)=NCCC2CCC2)c1. The normalized spacial score (nSPS) is 16.4. The molecule has 1 aromatic rings. The molecule has 1 fully saturated rings. The standard InChI is InChI=1S/C15H23N3/c1-11-8-12(2)10-14(9-11)18-15(16)17-7-6-13-4-3-5-13/h8-10,13H,3-7H2,1-2H3,(H3,16,17,18). The van der Waals surface area contributed by atoms with Crippen molar-refractivity contribution < 1.29 is 0 Å². The van der Waals surface area contributed by atoms with Crippen LogP contribution in [0.2, 0.25) is 0 Å². The second-order valence-electron chi connectivity index (χ2n) is 5.35. The first kappa shape index (κ1) is 12.9. The van der Waals surface area contributed by atoms with Gasteiger partial charge in [0.25, 0.3) is 0 Å². The number of nitrogens with one attached hydrogen (secondary N) is 1. The number of benzene rings is 1. The van der Waals surface area contributed by atoms with Crippen LogP contribution in [0.1, 0.15) is 36.8 Å². The molecule has 0 radical (unpaired) electrons. The summed E-state index contributed by atoms with van der Waals surface area (Å²) in [6.45, 7) is 5.01. The number of aryl methyl sites for hydroxylation is 2. The molecule has 1 saturated carbocycles. The number of nitrogens with zero attached hydrogens (tertiary/aromatic N) is 1. The quantitative estimate of drug-likeness (QED) is 0.632. The Morgan fingerprint density at radius 2 is 1.94 bits per heavy atom. The molecule has 0 aliphatic heterocycles. The molecule has 0 unspecified atom stereocenters. The summed E-state index contributed by atoms with van der Waals surface area (Å²) in [6.07, 6.45) is 5.32. The van der Waals surface area contributed by atoms with Crippen LogP contribution in [-0.2, 0) is 0 Å². The third-order valence-corrected chi connectivity index (χ3v) is 3.54. The first-order valence-corrected chi connectivity index (χ1v) is 6.79. The molecule has 98 valence electrons. The van der Waals surface area contributed by atoms with E-state index in [4.69, 9.17) is 5.73 Å². The summed E-state index contributed by atoms with van der Waals surface area (Å²) >= 11 is 0. The first-order valence-electron chi connectivity index (χ1n) is 6.79. The largest absolute Gasteiger partial charge is 0.370 e. The van der Waals surface area contributed by atoms with E-state index in [1.165, 1.54) is 36.8 Å². The van der Waals surface area contributed by atoms with Crippen molar-refractivity contribution in [3.8, 4) is 0 Å². The highest BCUT2D eigenvalue weighted by atomic mass is 15.1. The molecular weight excluding hydrogens is 222 g/mol. The average molecular weight is 245 g/mol. The van der Waals surface area contributed by atoms with E-state index < -0.39 is 0 Å². The Hall–Kier alpha value is -1.51. The molecule has 2 rings (SSSR count). The lowest BCUT2D eigenvalue weighted by Gasteiger charge is -2.24. The van der Waals surface area contributed by atoms with E-state index in [1.54, 1.807) is 0 Å². The van der Waals surface area contributed by atoms with Gasteiger partial charge >= 0.3 is 0 Å². The Morgan fingerprint density at radius 3 is 2.50 bits per heavy atom. The lowest BCUT2D eigenvalue weighted by Crippen LogP contribution is -2.23. The van der Waals surface area contributed by atoms with Crippen molar-refractivity contribution >= 4 is 11.6 Å². The molecule has 0 spiro atoms. The predicted molar refractivity (Wildman–Crippen MR) is 78.0 cm³/mol. The highest BCUT2D eigenvalue weighted by Crippen LogP contribution is 2.29. The van der Waals surface area contributed by atoms with Gasteiger partial charge < -0.3 is 11.1 Å². The Labute approximate surface area is 109 Å². The molecule has 0 heterocycles. The zero-order valence-electron chi connectivity index (χ0n) is 11.4. The summed E-state index contributed by atoms with van der Waals surface area (Å²) in [4.78, 5) is 4.38. The van der Waals surface area contributed by atoms with Crippen LogP contribution in [0.4, 0.5) is 5.69 Å². The third-order valence-electron chi connectivity index (χ3n) is 3.54. The maximum absolute atomic E-state index is 5.89. The van der Waals surface area contributed by atoms with Gasteiger partial charge in [0.05, 0.1) is 0 Å². The highest BCUT2D eigenvalue weighted by Gasteiger charge is 2.16. The summed E-state index contributed by atoms with van der Waals surface area (Å²) in [6, 6.07) is 6.32. The number of hydrogen-bond donors (Lipinski definition) is 2. The molecule has 1 aromatic carbocycles. The van der Waals surface area contributed by atoms with Gasteiger partial charge in [-0.15, -0.1) is 0 Å². The number of hydrogen-bond acceptors (Lipinski definition) is 1. The topological polar surface area (TPSA) is 50.4 Å². The Bertz CT molecular complexity index is 413. The van der Waals surface area contributed by atoms with Crippen molar-refractivity contribution in [3.63, 3.8) is 0 Å². The molecule has 3 heteroatoms. The van der Waals surface area contributed by atoms with E-state index in [-0.39, 0.29) is 0 Å².